The molecule has 2 aromatic heterocycles. The van der Waals surface area contributed by atoms with Gasteiger partial charge in [0.1, 0.15) is 5.82 Å². The molecule has 2 aromatic rings. The second-order valence-electron chi connectivity index (χ2n) is 3.45. The molecule has 0 unspecified atom stereocenters. The van der Waals surface area contributed by atoms with Gasteiger partial charge < -0.3 is 5.32 Å². The Labute approximate surface area is 97.1 Å². The zero-order chi connectivity index (χ0) is 11.0. The van der Waals surface area contributed by atoms with Crippen molar-refractivity contribution in [3.05, 3.63) is 27.9 Å². The van der Waals surface area contributed by atoms with Crippen LogP contribution in [-0.2, 0) is 0 Å². The van der Waals surface area contributed by atoms with E-state index < -0.39 is 0 Å². The summed E-state index contributed by atoms with van der Waals surface area (Å²) in [6, 6.07) is 4.00. The summed E-state index contributed by atoms with van der Waals surface area (Å²) in [5.41, 5.74) is 2.95. The zero-order valence-corrected chi connectivity index (χ0v) is 10.5. The SMILES string of the molecule is CNc1ccc2c(C)c(Br)c(C)nc2n1. The Balaban J connectivity index is 2.80. The highest BCUT2D eigenvalue weighted by Gasteiger charge is 2.07. The third-order valence-corrected chi connectivity index (χ3v) is 3.62. The molecule has 0 aliphatic rings. The van der Waals surface area contributed by atoms with Crippen molar-refractivity contribution in [2.75, 3.05) is 12.4 Å². The van der Waals surface area contributed by atoms with E-state index in [1.165, 1.54) is 5.56 Å². The molecule has 0 aromatic carbocycles. The van der Waals surface area contributed by atoms with Crippen molar-refractivity contribution >= 4 is 32.8 Å². The molecule has 0 saturated carbocycles. The standard InChI is InChI=1S/C11H12BrN3/c1-6-8-4-5-9(13-3)15-11(8)14-7(2)10(6)12/h4-5H,1-3H3,(H,13,14,15). The molecule has 0 amide bonds. The number of aryl methyl sites for hydroxylation is 2. The fourth-order valence-corrected chi connectivity index (χ4v) is 1.87. The Hall–Kier alpha value is -1.16. The average Bonchev–Trinajstić information content (AvgIpc) is 2.25. The number of fused-ring (bicyclic) bond motifs is 1. The molecule has 4 heteroatoms. The summed E-state index contributed by atoms with van der Waals surface area (Å²) in [7, 11) is 1.85. The Morgan fingerprint density at radius 2 is 1.93 bits per heavy atom. The first kappa shape index (κ1) is 10.4. The number of halogens is 1. The van der Waals surface area contributed by atoms with Gasteiger partial charge in [-0.05, 0) is 47.5 Å². The molecule has 2 rings (SSSR count). The number of aromatic nitrogens is 2. The molecule has 0 spiro atoms. The minimum Gasteiger partial charge on any atom is -0.373 e. The molecule has 1 N–H and O–H groups in total. The molecule has 0 saturated heterocycles. The van der Waals surface area contributed by atoms with Crippen LogP contribution in [0, 0.1) is 13.8 Å². The fourth-order valence-electron chi connectivity index (χ4n) is 1.56. The van der Waals surface area contributed by atoms with Gasteiger partial charge in [0.05, 0.1) is 5.69 Å². The lowest BCUT2D eigenvalue weighted by atomic mass is 10.1. The molecule has 78 valence electrons. The third kappa shape index (κ3) is 1.69. The quantitative estimate of drug-likeness (QED) is 0.862. The van der Waals surface area contributed by atoms with Gasteiger partial charge in [0.2, 0.25) is 0 Å². The summed E-state index contributed by atoms with van der Waals surface area (Å²) in [6.07, 6.45) is 0. The van der Waals surface area contributed by atoms with Crippen molar-refractivity contribution in [1.29, 1.82) is 0 Å². The van der Waals surface area contributed by atoms with Crippen molar-refractivity contribution in [3.8, 4) is 0 Å². The van der Waals surface area contributed by atoms with Crippen LogP contribution in [0.3, 0.4) is 0 Å². The molecule has 0 fully saturated rings. The molecule has 15 heavy (non-hydrogen) atoms. The fraction of sp³-hybridized carbons (Fsp3) is 0.273. The predicted octanol–water partition coefficient (Wildman–Crippen LogP) is 3.05. The molecule has 0 radical (unpaired) electrons. The number of rotatable bonds is 1. The van der Waals surface area contributed by atoms with Crippen LogP contribution >= 0.6 is 15.9 Å². The Bertz CT molecular complexity index is 523. The number of anilines is 1. The van der Waals surface area contributed by atoms with Crippen LogP contribution in [0.1, 0.15) is 11.3 Å². The lowest BCUT2D eigenvalue weighted by Crippen LogP contribution is -1.97. The topological polar surface area (TPSA) is 37.8 Å². The van der Waals surface area contributed by atoms with E-state index in [1.54, 1.807) is 0 Å². The van der Waals surface area contributed by atoms with Crippen LogP contribution < -0.4 is 5.32 Å². The highest BCUT2D eigenvalue weighted by Crippen LogP contribution is 2.26. The largest absolute Gasteiger partial charge is 0.373 e. The molecule has 3 nitrogen and oxygen atoms in total. The number of nitrogens with zero attached hydrogens (tertiary/aromatic N) is 2. The molecular formula is C11H12BrN3. The van der Waals surface area contributed by atoms with Crippen molar-refractivity contribution < 1.29 is 0 Å². The highest BCUT2D eigenvalue weighted by atomic mass is 79.9. The zero-order valence-electron chi connectivity index (χ0n) is 8.93. The van der Waals surface area contributed by atoms with E-state index in [-0.39, 0.29) is 0 Å². The van der Waals surface area contributed by atoms with E-state index in [4.69, 9.17) is 0 Å². The summed E-state index contributed by atoms with van der Waals surface area (Å²) < 4.78 is 1.06. The van der Waals surface area contributed by atoms with Gasteiger partial charge >= 0.3 is 0 Å². The average molecular weight is 266 g/mol. The Morgan fingerprint density at radius 3 is 2.60 bits per heavy atom. The first-order chi connectivity index (χ1) is 7.13. The van der Waals surface area contributed by atoms with E-state index in [9.17, 15) is 0 Å². The van der Waals surface area contributed by atoms with Crippen LogP contribution in [0.15, 0.2) is 16.6 Å². The molecule has 0 aliphatic heterocycles. The second kappa shape index (κ2) is 3.77. The lowest BCUT2D eigenvalue weighted by Gasteiger charge is -2.07. The van der Waals surface area contributed by atoms with Gasteiger partial charge in [-0.15, -0.1) is 0 Å². The smallest absolute Gasteiger partial charge is 0.162 e. The van der Waals surface area contributed by atoms with Crippen LogP contribution in [-0.4, -0.2) is 17.0 Å². The van der Waals surface area contributed by atoms with Crippen molar-refractivity contribution in [3.63, 3.8) is 0 Å². The Morgan fingerprint density at radius 1 is 1.20 bits per heavy atom. The van der Waals surface area contributed by atoms with E-state index in [0.717, 1.165) is 27.0 Å². The summed E-state index contributed by atoms with van der Waals surface area (Å²) in [4.78, 5) is 8.86. The summed E-state index contributed by atoms with van der Waals surface area (Å²) >= 11 is 3.53. The number of pyridine rings is 2. The van der Waals surface area contributed by atoms with E-state index in [0.29, 0.717) is 0 Å². The Kier molecular flexibility index (Phi) is 2.61. The van der Waals surface area contributed by atoms with E-state index >= 15 is 0 Å². The number of nitrogens with one attached hydrogen (secondary N) is 1. The minimum atomic E-state index is 0.792. The molecule has 2 heterocycles. The molecular weight excluding hydrogens is 254 g/mol. The highest BCUT2D eigenvalue weighted by molar-refractivity contribution is 9.10. The molecule has 0 aliphatic carbocycles. The van der Waals surface area contributed by atoms with Gasteiger partial charge in [-0.2, -0.15) is 0 Å². The van der Waals surface area contributed by atoms with E-state index in [2.05, 4.69) is 38.1 Å². The molecule has 0 bridgehead atoms. The normalized spacial score (nSPS) is 10.7. The van der Waals surface area contributed by atoms with Gasteiger partial charge in [-0.25, -0.2) is 9.97 Å². The molecule has 0 atom stereocenters. The van der Waals surface area contributed by atoms with Gasteiger partial charge in [-0.1, -0.05) is 0 Å². The number of hydrogen-bond donors (Lipinski definition) is 1. The lowest BCUT2D eigenvalue weighted by molar-refractivity contribution is 1.16. The first-order valence-corrected chi connectivity index (χ1v) is 5.54. The van der Waals surface area contributed by atoms with Gasteiger partial charge in [0, 0.05) is 16.9 Å². The second-order valence-corrected chi connectivity index (χ2v) is 4.25. The maximum atomic E-state index is 4.45. The predicted molar refractivity (Wildman–Crippen MR) is 66.3 cm³/mol. The maximum absolute atomic E-state index is 4.45. The summed E-state index contributed by atoms with van der Waals surface area (Å²) in [5, 5.41) is 4.10. The van der Waals surface area contributed by atoms with E-state index in [1.807, 2.05) is 26.1 Å². The van der Waals surface area contributed by atoms with Gasteiger partial charge in [0.25, 0.3) is 0 Å². The summed E-state index contributed by atoms with van der Waals surface area (Å²) in [6.45, 7) is 4.05. The third-order valence-electron chi connectivity index (χ3n) is 2.46. The van der Waals surface area contributed by atoms with Gasteiger partial charge in [-0.3, -0.25) is 0 Å². The van der Waals surface area contributed by atoms with Crippen molar-refractivity contribution in [2.45, 2.75) is 13.8 Å². The summed E-state index contributed by atoms with van der Waals surface area (Å²) in [5.74, 6) is 0.844. The maximum Gasteiger partial charge on any atom is 0.162 e. The van der Waals surface area contributed by atoms with Crippen LogP contribution in [0.4, 0.5) is 5.82 Å². The van der Waals surface area contributed by atoms with Gasteiger partial charge in [0.15, 0.2) is 5.65 Å². The first-order valence-electron chi connectivity index (χ1n) is 4.74. The number of hydrogen-bond acceptors (Lipinski definition) is 3. The van der Waals surface area contributed by atoms with Crippen LogP contribution in [0.2, 0.25) is 0 Å². The minimum absolute atomic E-state index is 0.792. The van der Waals surface area contributed by atoms with Crippen LogP contribution in [0.25, 0.3) is 11.0 Å². The van der Waals surface area contributed by atoms with Crippen LogP contribution in [0.5, 0.6) is 0 Å². The van der Waals surface area contributed by atoms with Crippen molar-refractivity contribution in [1.82, 2.24) is 9.97 Å². The monoisotopic (exact) mass is 265 g/mol. The van der Waals surface area contributed by atoms with Crippen molar-refractivity contribution in [2.24, 2.45) is 0 Å².